The fourth-order valence-electron chi connectivity index (χ4n) is 4.95. The lowest BCUT2D eigenvalue weighted by atomic mass is 9.84. The summed E-state index contributed by atoms with van der Waals surface area (Å²) < 4.78 is 5.81. The van der Waals surface area contributed by atoms with Crippen molar-refractivity contribution in [1.29, 1.82) is 0 Å². The van der Waals surface area contributed by atoms with Gasteiger partial charge < -0.3 is 9.64 Å². The van der Waals surface area contributed by atoms with Crippen LogP contribution in [0, 0.1) is 5.92 Å². The first kappa shape index (κ1) is 25.5. The smallest absolute Gasteiger partial charge is 0.252 e. The van der Waals surface area contributed by atoms with Gasteiger partial charge in [0.05, 0.1) is 18.7 Å². The minimum Gasteiger partial charge on any atom is -0.493 e. The first-order valence-electron chi connectivity index (χ1n) is 12.5. The van der Waals surface area contributed by atoms with Crippen LogP contribution in [-0.4, -0.2) is 57.0 Å². The molecule has 1 unspecified atom stereocenters. The standard InChI is InChI=1S/C28H38IN3O2/c1-5-22-6-8-24(9-7-22)19-32-28(14-16-30(4)17-15-28)26(29)27(33)31(32)18-23-10-12-25(13-11-23)34-20-21(2)3/h6-13,21,26H,5,14-20H2,1-4H3. The van der Waals surface area contributed by atoms with Crippen molar-refractivity contribution >= 4 is 28.5 Å². The van der Waals surface area contributed by atoms with Gasteiger partial charge >= 0.3 is 0 Å². The number of hydrogen-bond donors (Lipinski definition) is 0. The summed E-state index contributed by atoms with van der Waals surface area (Å²) in [5.41, 5.74) is 3.61. The summed E-state index contributed by atoms with van der Waals surface area (Å²) in [5.74, 6) is 1.61. The number of alkyl halides is 1. The van der Waals surface area contributed by atoms with Gasteiger partial charge in [0, 0.05) is 6.54 Å². The van der Waals surface area contributed by atoms with Crippen LogP contribution < -0.4 is 4.74 Å². The molecule has 5 nitrogen and oxygen atoms in total. The van der Waals surface area contributed by atoms with E-state index in [1.165, 1.54) is 11.1 Å². The lowest BCUT2D eigenvalue weighted by Crippen LogP contribution is -2.57. The Labute approximate surface area is 218 Å². The van der Waals surface area contributed by atoms with Crippen molar-refractivity contribution in [3.05, 3.63) is 65.2 Å². The van der Waals surface area contributed by atoms with Crippen LogP contribution in [0.15, 0.2) is 48.5 Å². The number of carbonyl (C=O) groups excluding carboxylic acids is 1. The van der Waals surface area contributed by atoms with Gasteiger partial charge in [-0.15, -0.1) is 0 Å². The molecule has 184 valence electrons. The van der Waals surface area contributed by atoms with Crippen LogP contribution >= 0.6 is 22.6 Å². The molecule has 2 saturated heterocycles. The second-order valence-electron chi connectivity index (χ2n) is 10.2. The van der Waals surface area contributed by atoms with E-state index in [2.05, 4.69) is 96.7 Å². The molecule has 2 heterocycles. The Kier molecular flexibility index (Phi) is 8.20. The van der Waals surface area contributed by atoms with Crippen LogP contribution in [-0.2, 0) is 24.3 Å². The molecule has 0 aliphatic carbocycles. The van der Waals surface area contributed by atoms with Gasteiger partial charge in [0.1, 0.15) is 9.67 Å². The van der Waals surface area contributed by atoms with Crippen LogP contribution in [0.5, 0.6) is 5.75 Å². The highest BCUT2D eigenvalue weighted by atomic mass is 127. The molecule has 4 rings (SSSR count). The van der Waals surface area contributed by atoms with E-state index in [0.717, 1.165) is 50.2 Å². The first-order valence-corrected chi connectivity index (χ1v) is 13.8. The third kappa shape index (κ3) is 5.44. The van der Waals surface area contributed by atoms with E-state index in [4.69, 9.17) is 4.74 Å². The number of ether oxygens (including phenoxy) is 1. The summed E-state index contributed by atoms with van der Waals surface area (Å²) in [5, 5.41) is 4.43. The number of amides is 1. The van der Waals surface area contributed by atoms with Crippen LogP contribution in [0.1, 0.15) is 50.3 Å². The number of rotatable bonds is 8. The zero-order valence-electron chi connectivity index (χ0n) is 21.0. The van der Waals surface area contributed by atoms with Crippen LogP contribution in [0.4, 0.5) is 0 Å². The number of likely N-dealkylation sites (tertiary alicyclic amines) is 1. The van der Waals surface area contributed by atoms with Gasteiger partial charge in [-0.3, -0.25) is 9.80 Å². The fourth-order valence-corrected chi connectivity index (χ4v) is 6.22. The molecule has 0 saturated carbocycles. The Hall–Kier alpha value is -1.64. The Morgan fingerprint density at radius 3 is 2.12 bits per heavy atom. The molecule has 34 heavy (non-hydrogen) atoms. The SMILES string of the molecule is CCc1ccc(CN2N(Cc3ccc(OCC(C)C)cc3)C(=O)C(I)C23CCN(C)CC3)cc1. The van der Waals surface area contributed by atoms with Gasteiger partial charge in [0.25, 0.3) is 5.91 Å². The lowest BCUT2D eigenvalue weighted by molar-refractivity contribution is -0.145. The largest absolute Gasteiger partial charge is 0.493 e. The van der Waals surface area contributed by atoms with Crippen molar-refractivity contribution in [1.82, 2.24) is 14.9 Å². The van der Waals surface area contributed by atoms with Gasteiger partial charge in [-0.2, -0.15) is 0 Å². The van der Waals surface area contributed by atoms with E-state index in [9.17, 15) is 4.79 Å². The van der Waals surface area contributed by atoms with E-state index < -0.39 is 0 Å². The number of hydrogen-bond acceptors (Lipinski definition) is 4. The monoisotopic (exact) mass is 575 g/mol. The van der Waals surface area contributed by atoms with E-state index in [1.807, 2.05) is 17.1 Å². The number of benzene rings is 2. The molecule has 0 N–H and O–H groups in total. The maximum absolute atomic E-state index is 13.6. The molecule has 6 heteroatoms. The van der Waals surface area contributed by atoms with E-state index >= 15 is 0 Å². The summed E-state index contributed by atoms with van der Waals surface area (Å²) in [6.07, 6.45) is 3.06. The van der Waals surface area contributed by atoms with E-state index in [-0.39, 0.29) is 15.4 Å². The van der Waals surface area contributed by atoms with Crippen LogP contribution in [0.2, 0.25) is 0 Å². The molecule has 0 radical (unpaired) electrons. The normalized spacial score (nSPS) is 21.1. The molecular weight excluding hydrogens is 537 g/mol. The predicted octanol–water partition coefficient (Wildman–Crippen LogP) is 5.31. The number of nitrogens with zero attached hydrogens (tertiary/aromatic N) is 3. The first-order chi connectivity index (χ1) is 16.3. The van der Waals surface area contributed by atoms with Crippen molar-refractivity contribution in [2.45, 2.75) is 62.6 Å². The van der Waals surface area contributed by atoms with Gasteiger partial charge in [0.2, 0.25) is 0 Å². The second-order valence-corrected chi connectivity index (χ2v) is 11.5. The van der Waals surface area contributed by atoms with Gasteiger partial charge in [-0.25, -0.2) is 5.01 Å². The zero-order chi connectivity index (χ0) is 24.3. The van der Waals surface area contributed by atoms with Crippen molar-refractivity contribution in [2.24, 2.45) is 5.92 Å². The third-order valence-electron chi connectivity index (χ3n) is 7.20. The van der Waals surface area contributed by atoms with Gasteiger partial charge in [-0.05, 0) is 74.1 Å². The maximum Gasteiger partial charge on any atom is 0.252 e. The molecule has 2 fully saturated rings. The Morgan fingerprint density at radius 1 is 0.971 bits per heavy atom. The Morgan fingerprint density at radius 2 is 1.53 bits per heavy atom. The summed E-state index contributed by atoms with van der Waals surface area (Å²) in [4.78, 5) is 16.0. The van der Waals surface area contributed by atoms with Crippen LogP contribution in [0.25, 0.3) is 0 Å². The number of halogens is 1. The summed E-state index contributed by atoms with van der Waals surface area (Å²) in [6, 6.07) is 17.1. The topological polar surface area (TPSA) is 36.0 Å². The fraction of sp³-hybridized carbons (Fsp3) is 0.536. The van der Waals surface area contributed by atoms with Crippen molar-refractivity contribution in [3.63, 3.8) is 0 Å². The number of hydrazine groups is 1. The molecule has 2 aromatic carbocycles. The average molecular weight is 576 g/mol. The van der Waals surface area contributed by atoms with E-state index in [1.54, 1.807) is 0 Å². The Bertz CT molecular complexity index is 953. The summed E-state index contributed by atoms with van der Waals surface area (Å²) in [7, 11) is 2.18. The zero-order valence-corrected chi connectivity index (χ0v) is 23.1. The molecule has 1 spiro atoms. The molecule has 2 aliphatic heterocycles. The molecule has 1 atom stereocenters. The second kappa shape index (κ2) is 11.0. The highest BCUT2D eigenvalue weighted by molar-refractivity contribution is 14.1. The summed E-state index contributed by atoms with van der Waals surface area (Å²) in [6.45, 7) is 10.6. The van der Waals surface area contributed by atoms with Gasteiger partial charge in [0.15, 0.2) is 0 Å². The average Bonchev–Trinajstić information content (AvgIpc) is 3.02. The minimum absolute atomic E-state index is 0.0395. The highest BCUT2D eigenvalue weighted by Crippen LogP contribution is 2.44. The highest BCUT2D eigenvalue weighted by Gasteiger charge is 2.57. The van der Waals surface area contributed by atoms with Gasteiger partial charge in [-0.1, -0.05) is 79.8 Å². The van der Waals surface area contributed by atoms with Crippen molar-refractivity contribution < 1.29 is 9.53 Å². The molecule has 2 aliphatic rings. The molecule has 0 bridgehead atoms. The van der Waals surface area contributed by atoms with Crippen molar-refractivity contribution in [3.8, 4) is 5.75 Å². The van der Waals surface area contributed by atoms with E-state index in [0.29, 0.717) is 19.1 Å². The number of carbonyl (C=O) groups is 1. The lowest BCUT2D eigenvalue weighted by Gasteiger charge is -2.46. The quantitative estimate of drug-likeness (QED) is 0.316. The summed E-state index contributed by atoms with van der Waals surface area (Å²) >= 11 is 2.42. The van der Waals surface area contributed by atoms with Crippen LogP contribution in [0.3, 0.4) is 0 Å². The molecule has 0 aromatic heterocycles. The molecule has 2 aromatic rings. The van der Waals surface area contributed by atoms with Crippen molar-refractivity contribution in [2.75, 3.05) is 26.7 Å². The Balaban J connectivity index is 1.58. The molecule has 1 amide bonds. The predicted molar refractivity (Wildman–Crippen MR) is 146 cm³/mol. The minimum atomic E-state index is -0.131. The molecular formula is C28H38IN3O2. The maximum atomic E-state index is 13.6. The third-order valence-corrected chi connectivity index (χ3v) is 8.90. The number of aryl methyl sites for hydroxylation is 1. The number of piperidine rings is 1.